The summed E-state index contributed by atoms with van der Waals surface area (Å²) in [4.78, 5) is 14.7. The summed E-state index contributed by atoms with van der Waals surface area (Å²) in [5.41, 5.74) is 8.59. The molecule has 2 unspecified atom stereocenters. The number of nitrogens with one attached hydrogen (secondary N) is 1. The van der Waals surface area contributed by atoms with E-state index in [4.69, 9.17) is 5.73 Å². The van der Waals surface area contributed by atoms with Crippen molar-refractivity contribution in [2.24, 2.45) is 23.5 Å². The molecule has 4 heteroatoms. The molecule has 26 heavy (non-hydrogen) atoms. The van der Waals surface area contributed by atoms with Gasteiger partial charge in [0.15, 0.2) is 0 Å². The average molecular weight is 358 g/mol. The van der Waals surface area contributed by atoms with Crippen molar-refractivity contribution in [3.05, 3.63) is 35.4 Å². The average Bonchev–Trinajstić information content (AvgIpc) is 2.98. The number of hydrogen-bond donors (Lipinski definition) is 2. The molecule has 1 heterocycles. The summed E-state index contributed by atoms with van der Waals surface area (Å²) in [6, 6.07) is 8.91. The summed E-state index contributed by atoms with van der Waals surface area (Å²) in [6.07, 6.45) is 5.24. The summed E-state index contributed by atoms with van der Waals surface area (Å²) >= 11 is 0. The lowest BCUT2D eigenvalue weighted by Crippen LogP contribution is -2.38. The number of nitrogens with zero attached hydrogens (tertiary/aromatic N) is 1. The Balaban J connectivity index is 1.43. The molecule has 0 aromatic heterocycles. The third-order valence-corrected chi connectivity index (χ3v) is 6.03. The van der Waals surface area contributed by atoms with Crippen LogP contribution in [0.3, 0.4) is 0 Å². The van der Waals surface area contributed by atoms with Gasteiger partial charge in [0.1, 0.15) is 0 Å². The predicted octanol–water partition coefficient (Wildman–Crippen LogP) is 3.30. The third-order valence-electron chi connectivity index (χ3n) is 6.03. The van der Waals surface area contributed by atoms with Crippen LogP contribution in [-0.4, -0.2) is 29.9 Å². The minimum absolute atomic E-state index is 0.132. The van der Waals surface area contributed by atoms with Gasteiger partial charge in [-0.15, -0.1) is 0 Å². The van der Waals surface area contributed by atoms with E-state index in [1.165, 1.54) is 30.6 Å². The second-order valence-corrected chi connectivity index (χ2v) is 8.79. The topological polar surface area (TPSA) is 58.4 Å². The molecular weight excluding hydrogens is 322 g/mol. The fourth-order valence-corrected chi connectivity index (χ4v) is 4.77. The fraction of sp³-hybridized carbons (Fsp3) is 0.682. The molecule has 144 valence electrons. The molecule has 1 saturated heterocycles. The van der Waals surface area contributed by atoms with Crippen LogP contribution in [0.1, 0.15) is 57.1 Å². The van der Waals surface area contributed by atoms with Crippen LogP contribution < -0.4 is 11.1 Å². The Bertz CT molecular complexity index is 576. The van der Waals surface area contributed by atoms with Crippen molar-refractivity contribution in [2.45, 2.75) is 65.1 Å². The maximum atomic E-state index is 12.1. The number of likely N-dealkylation sites (tertiary alicyclic amines) is 1. The van der Waals surface area contributed by atoms with Gasteiger partial charge in [0.2, 0.25) is 5.91 Å². The SMILES string of the molecule is CC1CC(C)CN(Cc2ccc(CNC(=O)C[C@@H]3CCC[C@H]3N)cc2)C1. The zero-order valence-electron chi connectivity index (χ0n) is 16.4. The van der Waals surface area contributed by atoms with Crippen molar-refractivity contribution in [2.75, 3.05) is 13.1 Å². The van der Waals surface area contributed by atoms with Gasteiger partial charge in [-0.3, -0.25) is 9.69 Å². The third kappa shape index (κ3) is 5.55. The van der Waals surface area contributed by atoms with Gasteiger partial charge in [-0.1, -0.05) is 44.5 Å². The van der Waals surface area contributed by atoms with E-state index in [0.717, 1.165) is 37.6 Å². The molecule has 0 radical (unpaired) electrons. The number of carbonyl (C=O) groups is 1. The number of nitrogens with two attached hydrogens (primary N) is 1. The molecule has 4 nitrogen and oxygen atoms in total. The predicted molar refractivity (Wildman–Crippen MR) is 106 cm³/mol. The maximum absolute atomic E-state index is 12.1. The van der Waals surface area contributed by atoms with Crippen LogP contribution >= 0.6 is 0 Å². The first-order valence-electron chi connectivity index (χ1n) is 10.3. The zero-order chi connectivity index (χ0) is 18.5. The van der Waals surface area contributed by atoms with E-state index >= 15 is 0 Å². The summed E-state index contributed by atoms with van der Waals surface area (Å²) in [7, 11) is 0. The minimum Gasteiger partial charge on any atom is -0.352 e. The van der Waals surface area contributed by atoms with Crippen molar-refractivity contribution in [3.63, 3.8) is 0 Å². The Kier molecular flexibility index (Phi) is 6.71. The second kappa shape index (κ2) is 9.01. The number of amides is 1. The normalized spacial score (nSPS) is 29.7. The van der Waals surface area contributed by atoms with Crippen LogP contribution in [0, 0.1) is 17.8 Å². The monoisotopic (exact) mass is 357 g/mol. The van der Waals surface area contributed by atoms with Gasteiger partial charge in [0.05, 0.1) is 0 Å². The van der Waals surface area contributed by atoms with Gasteiger partial charge >= 0.3 is 0 Å². The summed E-state index contributed by atoms with van der Waals surface area (Å²) in [5, 5.41) is 3.05. The molecule has 1 aliphatic carbocycles. The van der Waals surface area contributed by atoms with Crippen LogP contribution in [-0.2, 0) is 17.9 Å². The number of hydrogen-bond acceptors (Lipinski definition) is 3. The molecule has 1 aliphatic heterocycles. The Morgan fingerprint density at radius 1 is 1.12 bits per heavy atom. The van der Waals surface area contributed by atoms with Crippen LogP contribution in [0.15, 0.2) is 24.3 Å². The Morgan fingerprint density at radius 3 is 2.38 bits per heavy atom. The molecule has 0 spiro atoms. The molecule has 1 amide bonds. The van der Waals surface area contributed by atoms with Gasteiger partial charge in [0, 0.05) is 38.6 Å². The van der Waals surface area contributed by atoms with Crippen LogP contribution in [0.4, 0.5) is 0 Å². The van der Waals surface area contributed by atoms with E-state index in [9.17, 15) is 4.79 Å². The zero-order valence-corrected chi connectivity index (χ0v) is 16.4. The number of benzene rings is 1. The van der Waals surface area contributed by atoms with E-state index in [2.05, 4.69) is 48.3 Å². The highest BCUT2D eigenvalue weighted by atomic mass is 16.1. The molecule has 2 aliphatic rings. The lowest BCUT2D eigenvalue weighted by molar-refractivity contribution is -0.122. The molecule has 3 N–H and O–H groups in total. The lowest BCUT2D eigenvalue weighted by Gasteiger charge is -2.35. The first-order valence-corrected chi connectivity index (χ1v) is 10.3. The van der Waals surface area contributed by atoms with Gasteiger partial charge in [0.25, 0.3) is 0 Å². The summed E-state index contributed by atoms with van der Waals surface area (Å²) in [5.74, 6) is 2.09. The van der Waals surface area contributed by atoms with E-state index in [0.29, 0.717) is 18.9 Å². The molecule has 0 bridgehead atoms. The molecule has 1 saturated carbocycles. The fourth-order valence-electron chi connectivity index (χ4n) is 4.77. The standard InChI is InChI=1S/C22H35N3O/c1-16-10-17(2)14-25(13-16)15-19-8-6-18(7-9-19)12-24-22(26)11-20-4-3-5-21(20)23/h6-9,16-17,20-21H,3-5,10-15,23H2,1-2H3,(H,24,26)/t16?,17?,20-,21+/m0/s1. The lowest BCUT2D eigenvalue weighted by atomic mass is 9.91. The molecule has 4 atom stereocenters. The van der Waals surface area contributed by atoms with Crippen molar-refractivity contribution in [1.82, 2.24) is 10.2 Å². The Labute approximate surface area is 158 Å². The highest BCUT2D eigenvalue weighted by Crippen LogP contribution is 2.26. The molecular formula is C22H35N3O. The smallest absolute Gasteiger partial charge is 0.220 e. The first-order chi connectivity index (χ1) is 12.5. The molecule has 1 aromatic carbocycles. The number of piperidine rings is 1. The van der Waals surface area contributed by atoms with E-state index in [-0.39, 0.29) is 11.9 Å². The highest BCUT2D eigenvalue weighted by Gasteiger charge is 2.26. The van der Waals surface area contributed by atoms with Gasteiger partial charge < -0.3 is 11.1 Å². The molecule has 3 rings (SSSR count). The maximum Gasteiger partial charge on any atom is 0.220 e. The Hall–Kier alpha value is -1.39. The van der Waals surface area contributed by atoms with Crippen LogP contribution in [0.2, 0.25) is 0 Å². The van der Waals surface area contributed by atoms with Crippen molar-refractivity contribution in [1.29, 1.82) is 0 Å². The quantitative estimate of drug-likeness (QED) is 0.821. The minimum atomic E-state index is 0.132. The second-order valence-electron chi connectivity index (χ2n) is 8.79. The van der Waals surface area contributed by atoms with Crippen LogP contribution in [0.5, 0.6) is 0 Å². The molecule has 1 aromatic rings. The summed E-state index contributed by atoms with van der Waals surface area (Å²) < 4.78 is 0. The van der Waals surface area contributed by atoms with Crippen LogP contribution in [0.25, 0.3) is 0 Å². The van der Waals surface area contributed by atoms with Crippen molar-refractivity contribution in [3.8, 4) is 0 Å². The number of rotatable bonds is 6. The largest absolute Gasteiger partial charge is 0.352 e. The molecule has 2 fully saturated rings. The number of carbonyl (C=O) groups excluding carboxylic acids is 1. The Morgan fingerprint density at radius 2 is 1.77 bits per heavy atom. The first kappa shape index (κ1) is 19.4. The van der Waals surface area contributed by atoms with Crippen molar-refractivity contribution >= 4 is 5.91 Å². The highest BCUT2D eigenvalue weighted by molar-refractivity contribution is 5.76. The van der Waals surface area contributed by atoms with Gasteiger partial charge in [-0.05, 0) is 48.1 Å². The van der Waals surface area contributed by atoms with Gasteiger partial charge in [-0.2, -0.15) is 0 Å². The van der Waals surface area contributed by atoms with E-state index in [1.54, 1.807) is 0 Å². The van der Waals surface area contributed by atoms with Gasteiger partial charge in [-0.25, -0.2) is 0 Å². The summed E-state index contributed by atoms with van der Waals surface area (Å²) in [6.45, 7) is 8.75. The van der Waals surface area contributed by atoms with Crippen molar-refractivity contribution < 1.29 is 4.79 Å². The van der Waals surface area contributed by atoms with E-state index in [1.807, 2.05) is 0 Å². The van der Waals surface area contributed by atoms with E-state index < -0.39 is 0 Å².